The third-order valence-corrected chi connectivity index (χ3v) is 3.50. The molecule has 1 aliphatic rings. The minimum absolute atomic E-state index is 0.283. The van der Waals surface area contributed by atoms with E-state index in [0.717, 1.165) is 24.5 Å². The number of methoxy groups -OCH3 is 1. The van der Waals surface area contributed by atoms with Gasteiger partial charge in [-0.3, -0.25) is 0 Å². The minimum Gasteiger partial charge on any atom is -0.497 e. The van der Waals surface area contributed by atoms with Gasteiger partial charge < -0.3 is 14.8 Å². The van der Waals surface area contributed by atoms with Crippen LogP contribution in [0.25, 0.3) is 0 Å². The van der Waals surface area contributed by atoms with E-state index in [1.807, 2.05) is 24.3 Å². The van der Waals surface area contributed by atoms with E-state index in [4.69, 9.17) is 9.47 Å². The van der Waals surface area contributed by atoms with Crippen LogP contribution in [0, 0.1) is 0 Å². The molecule has 0 saturated heterocycles. The van der Waals surface area contributed by atoms with Crippen LogP contribution in [-0.2, 0) is 0 Å². The summed E-state index contributed by atoms with van der Waals surface area (Å²) >= 11 is 0. The van der Waals surface area contributed by atoms with Gasteiger partial charge in [-0.2, -0.15) is 0 Å². The van der Waals surface area contributed by atoms with E-state index in [-0.39, 0.29) is 6.10 Å². The highest BCUT2D eigenvalue weighted by Crippen LogP contribution is 2.26. The second-order valence-electron chi connectivity index (χ2n) is 4.78. The van der Waals surface area contributed by atoms with E-state index in [1.54, 1.807) is 7.11 Å². The van der Waals surface area contributed by atoms with E-state index in [2.05, 4.69) is 12.2 Å². The summed E-state index contributed by atoms with van der Waals surface area (Å²) in [5.74, 6) is 1.76. The van der Waals surface area contributed by atoms with Crippen molar-refractivity contribution in [2.75, 3.05) is 13.7 Å². The highest BCUT2D eigenvalue weighted by atomic mass is 16.5. The molecule has 1 aromatic carbocycles. The van der Waals surface area contributed by atoms with Gasteiger partial charge in [0.1, 0.15) is 17.6 Å². The fraction of sp³-hybridized carbons (Fsp3) is 0.600. The molecule has 18 heavy (non-hydrogen) atoms. The Morgan fingerprint density at radius 1 is 1.22 bits per heavy atom. The van der Waals surface area contributed by atoms with Crippen LogP contribution in [0.5, 0.6) is 11.5 Å². The number of rotatable bonds is 5. The molecule has 0 spiro atoms. The molecule has 0 amide bonds. The van der Waals surface area contributed by atoms with E-state index < -0.39 is 0 Å². The molecular formula is C15H23NO2. The summed E-state index contributed by atoms with van der Waals surface area (Å²) in [6.07, 6.45) is 5.19. The summed E-state index contributed by atoms with van der Waals surface area (Å²) in [5.41, 5.74) is 0. The molecule has 0 radical (unpaired) electrons. The molecule has 100 valence electrons. The summed E-state index contributed by atoms with van der Waals surface area (Å²) in [7, 11) is 1.68. The van der Waals surface area contributed by atoms with Crippen LogP contribution in [0.2, 0.25) is 0 Å². The number of ether oxygens (including phenoxy) is 2. The van der Waals surface area contributed by atoms with Crippen LogP contribution >= 0.6 is 0 Å². The van der Waals surface area contributed by atoms with Crippen LogP contribution in [0.4, 0.5) is 0 Å². The molecule has 1 fully saturated rings. The molecule has 3 nitrogen and oxygen atoms in total. The van der Waals surface area contributed by atoms with Gasteiger partial charge in [-0.1, -0.05) is 19.4 Å². The molecule has 1 aliphatic carbocycles. The Kier molecular flexibility index (Phi) is 4.88. The van der Waals surface area contributed by atoms with Crippen molar-refractivity contribution in [1.82, 2.24) is 5.32 Å². The quantitative estimate of drug-likeness (QED) is 0.870. The van der Waals surface area contributed by atoms with Crippen molar-refractivity contribution in [2.24, 2.45) is 0 Å². The Morgan fingerprint density at radius 2 is 2.00 bits per heavy atom. The van der Waals surface area contributed by atoms with Crippen molar-refractivity contribution < 1.29 is 9.47 Å². The first-order valence-corrected chi connectivity index (χ1v) is 6.87. The van der Waals surface area contributed by atoms with Gasteiger partial charge in [0.25, 0.3) is 0 Å². The lowest BCUT2D eigenvalue weighted by atomic mass is 9.92. The van der Waals surface area contributed by atoms with Crippen molar-refractivity contribution in [3.63, 3.8) is 0 Å². The predicted molar refractivity (Wildman–Crippen MR) is 73.3 cm³/mol. The maximum Gasteiger partial charge on any atom is 0.123 e. The Morgan fingerprint density at radius 3 is 2.78 bits per heavy atom. The zero-order valence-corrected chi connectivity index (χ0v) is 11.3. The maximum absolute atomic E-state index is 6.12. The van der Waals surface area contributed by atoms with Crippen LogP contribution in [0.15, 0.2) is 24.3 Å². The van der Waals surface area contributed by atoms with Gasteiger partial charge in [0.15, 0.2) is 0 Å². The monoisotopic (exact) mass is 249 g/mol. The average Bonchev–Trinajstić information content (AvgIpc) is 2.41. The van der Waals surface area contributed by atoms with E-state index in [9.17, 15) is 0 Å². The molecule has 3 heteroatoms. The van der Waals surface area contributed by atoms with Crippen molar-refractivity contribution in [3.05, 3.63) is 24.3 Å². The Bertz CT molecular complexity index is 365. The predicted octanol–water partition coefficient (Wildman–Crippen LogP) is 2.99. The van der Waals surface area contributed by atoms with E-state index >= 15 is 0 Å². The Labute approximate surface area is 109 Å². The van der Waals surface area contributed by atoms with Gasteiger partial charge in [0, 0.05) is 12.1 Å². The van der Waals surface area contributed by atoms with Gasteiger partial charge >= 0.3 is 0 Å². The fourth-order valence-electron chi connectivity index (χ4n) is 2.58. The Balaban J connectivity index is 2.01. The standard InChI is InChI=1S/C15H23NO2/c1-3-16-14-9-4-5-10-15(14)18-13-8-6-7-12(11-13)17-2/h6-8,11,14-16H,3-5,9-10H2,1-2H3. The van der Waals surface area contributed by atoms with Gasteiger partial charge in [0.05, 0.1) is 7.11 Å². The van der Waals surface area contributed by atoms with Crippen LogP contribution < -0.4 is 14.8 Å². The normalized spacial score (nSPS) is 23.7. The van der Waals surface area contributed by atoms with Gasteiger partial charge in [-0.05, 0) is 37.9 Å². The summed E-state index contributed by atoms with van der Waals surface area (Å²) in [6.45, 7) is 3.15. The lowest BCUT2D eigenvalue weighted by Gasteiger charge is -2.32. The molecule has 0 aliphatic heterocycles. The number of benzene rings is 1. The summed E-state index contributed by atoms with van der Waals surface area (Å²) in [5, 5.41) is 3.53. The first-order valence-electron chi connectivity index (χ1n) is 6.87. The number of likely N-dealkylation sites (N-methyl/N-ethyl adjacent to an activating group) is 1. The highest BCUT2D eigenvalue weighted by molar-refractivity contribution is 5.33. The largest absolute Gasteiger partial charge is 0.497 e. The zero-order valence-electron chi connectivity index (χ0n) is 11.3. The van der Waals surface area contributed by atoms with Crippen molar-refractivity contribution in [2.45, 2.75) is 44.8 Å². The fourth-order valence-corrected chi connectivity index (χ4v) is 2.58. The molecule has 2 unspecified atom stereocenters. The molecule has 0 bridgehead atoms. The first-order chi connectivity index (χ1) is 8.83. The van der Waals surface area contributed by atoms with Crippen molar-refractivity contribution in [1.29, 1.82) is 0 Å². The number of nitrogens with one attached hydrogen (secondary N) is 1. The lowest BCUT2D eigenvalue weighted by molar-refractivity contribution is 0.114. The second-order valence-corrected chi connectivity index (χ2v) is 4.78. The van der Waals surface area contributed by atoms with Crippen molar-refractivity contribution in [3.8, 4) is 11.5 Å². The molecule has 0 heterocycles. The Hall–Kier alpha value is -1.22. The molecule has 2 atom stereocenters. The zero-order chi connectivity index (χ0) is 12.8. The smallest absolute Gasteiger partial charge is 0.123 e. The van der Waals surface area contributed by atoms with Crippen LogP contribution in [-0.4, -0.2) is 25.8 Å². The molecule has 0 aromatic heterocycles. The minimum atomic E-state index is 0.283. The van der Waals surface area contributed by atoms with Crippen molar-refractivity contribution >= 4 is 0 Å². The lowest BCUT2D eigenvalue weighted by Crippen LogP contribution is -2.45. The number of hydrogen-bond acceptors (Lipinski definition) is 3. The maximum atomic E-state index is 6.12. The summed E-state index contributed by atoms with van der Waals surface area (Å²) in [6, 6.07) is 8.35. The average molecular weight is 249 g/mol. The van der Waals surface area contributed by atoms with Gasteiger partial charge in [-0.25, -0.2) is 0 Å². The summed E-state index contributed by atoms with van der Waals surface area (Å²) in [4.78, 5) is 0. The third-order valence-electron chi connectivity index (χ3n) is 3.50. The topological polar surface area (TPSA) is 30.5 Å². The van der Waals surface area contributed by atoms with Gasteiger partial charge in [-0.15, -0.1) is 0 Å². The van der Waals surface area contributed by atoms with Crippen LogP contribution in [0.3, 0.4) is 0 Å². The SMILES string of the molecule is CCNC1CCCCC1Oc1cccc(OC)c1. The first kappa shape index (κ1) is 13.2. The summed E-state index contributed by atoms with van der Waals surface area (Å²) < 4.78 is 11.3. The third kappa shape index (κ3) is 3.39. The number of hydrogen-bond donors (Lipinski definition) is 1. The van der Waals surface area contributed by atoms with Crippen LogP contribution in [0.1, 0.15) is 32.6 Å². The molecular weight excluding hydrogens is 226 g/mol. The highest BCUT2D eigenvalue weighted by Gasteiger charge is 2.25. The van der Waals surface area contributed by atoms with Gasteiger partial charge in [0.2, 0.25) is 0 Å². The molecule has 1 saturated carbocycles. The van der Waals surface area contributed by atoms with E-state index in [0.29, 0.717) is 6.04 Å². The van der Waals surface area contributed by atoms with E-state index in [1.165, 1.54) is 19.3 Å². The molecule has 1 aromatic rings. The molecule has 2 rings (SSSR count). The second kappa shape index (κ2) is 6.64. The molecule has 1 N–H and O–H groups in total.